The molecule has 0 atom stereocenters. The van der Waals surface area contributed by atoms with E-state index in [9.17, 15) is 124 Å². The number of hydrogen-bond donors (Lipinski definition) is 2. The van der Waals surface area contributed by atoms with Crippen molar-refractivity contribution in [3.63, 3.8) is 0 Å². The predicted molar refractivity (Wildman–Crippen MR) is 169 cm³/mol. The Morgan fingerprint density at radius 2 is 0.444 bits per heavy atom. The Bertz CT molecular complexity index is 2540. The summed E-state index contributed by atoms with van der Waals surface area (Å²) in [4.78, 5) is 0. The molecule has 0 radical (unpaired) electrons. The fourth-order valence-electron chi connectivity index (χ4n) is 6.32. The lowest BCUT2D eigenvalue weighted by Gasteiger charge is -2.43. The van der Waals surface area contributed by atoms with Gasteiger partial charge in [0.15, 0.2) is 0 Å². The van der Waals surface area contributed by atoms with Gasteiger partial charge in [-0.05, 0) is 33.7 Å². The van der Waals surface area contributed by atoms with Crippen molar-refractivity contribution < 1.29 is 159 Å². The molecule has 0 aromatic heterocycles. The van der Waals surface area contributed by atoms with Gasteiger partial charge >= 0.3 is 95.3 Å². The maximum absolute atomic E-state index is 15.8. The largest absolute Gasteiger partial charge is 0.507 e. The Kier molecular flexibility index (Phi) is 13.2. The van der Waals surface area contributed by atoms with Gasteiger partial charge in [-0.25, -0.2) is 0 Å². The first-order valence-corrected chi connectivity index (χ1v) is 17.4. The standard InChI is InChI=1S/C36H12F34O2/c37-21(38,23(41,42)25(45,46)27(49,50)29(53,54)31(57,58)33(61,62)35(65,66)67)15-9-11-5-1-3-7-13(11)17(19(15)71)18-14-8-4-2-6-12(14)10-16(20(18)72)22(39,40)24(43,44)26(47,48)28(51,52)30(55,56)32(59,60)34(63,64)36(68,69)70/h1-10,71-72H. The first kappa shape index (κ1) is 59.2. The van der Waals surface area contributed by atoms with Gasteiger partial charge in [0.1, 0.15) is 11.5 Å². The van der Waals surface area contributed by atoms with Gasteiger partial charge in [-0.15, -0.1) is 0 Å². The molecule has 0 saturated carbocycles. The van der Waals surface area contributed by atoms with Crippen LogP contribution in [0.5, 0.6) is 11.5 Å². The van der Waals surface area contributed by atoms with E-state index in [0.717, 1.165) is 0 Å². The zero-order valence-electron chi connectivity index (χ0n) is 32.5. The average Bonchev–Trinajstić information content (AvgIpc) is 3.21. The molecule has 4 aromatic rings. The number of fused-ring (bicyclic) bond motifs is 2. The molecule has 0 aliphatic rings. The van der Waals surface area contributed by atoms with E-state index in [2.05, 4.69) is 0 Å². The van der Waals surface area contributed by atoms with Gasteiger partial charge in [-0.2, -0.15) is 149 Å². The number of phenolic OH excluding ortho intramolecular Hbond substituents is 2. The molecule has 2 N–H and O–H groups in total. The van der Waals surface area contributed by atoms with Gasteiger partial charge in [-0.1, -0.05) is 48.5 Å². The van der Waals surface area contributed by atoms with Crippen LogP contribution in [0.2, 0.25) is 0 Å². The second kappa shape index (κ2) is 16.1. The zero-order valence-corrected chi connectivity index (χ0v) is 32.5. The van der Waals surface area contributed by atoms with Crippen LogP contribution in [0, 0.1) is 0 Å². The van der Waals surface area contributed by atoms with Crippen molar-refractivity contribution in [3.8, 4) is 22.6 Å². The van der Waals surface area contributed by atoms with Gasteiger partial charge in [-0.3, -0.25) is 0 Å². The molecule has 72 heavy (non-hydrogen) atoms. The van der Waals surface area contributed by atoms with Crippen LogP contribution in [0.25, 0.3) is 32.7 Å². The van der Waals surface area contributed by atoms with Gasteiger partial charge in [0.25, 0.3) is 0 Å². The maximum Gasteiger partial charge on any atom is 0.460 e. The van der Waals surface area contributed by atoms with E-state index >= 15 is 35.1 Å². The van der Waals surface area contributed by atoms with Gasteiger partial charge in [0.05, 0.1) is 11.1 Å². The molecule has 0 aliphatic carbocycles. The van der Waals surface area contributed by atoms with Crippen molar-refractivity contribution in [3.05, 3.63) is 71.8 Å². The second-order valence-corrected chi connectivity index (χ2v) is 14.8. The molecule has 2 nitrogen and oxygen atoms in total. The van der Waals surface area contributed by atoms with E-state index in [0.29, 0.717) is 24.3 Å². The fraction of sp³-hybridized carbons (Fsp3) is 0.444. The highest BCUT2D eigenvalue weighted by Gasteiger charge is 2.97. The quantitative estimate of drug-likeness (QED) is 0.117. The van der Waals surface area contributed by atoms with Crippen LogP contribution >= 0.6 is 0 Å². The third-order valence-electron chi connectivity index (χ3n) is 10.4. The fourth-order valence-corrected chi connectivity index (χ4v) is 6.32. The Hall–Kier alpha value is -5.38. The number of benzene rings is 4. The van der Waals surface area contributed by atoms with Crippen molar-refractivity contribution >= 4 is 21.5 Å². The molecule has 4 aromatic carbocycles. The number of halogens is 34. The summed E-state index contributed by atoms with van der Waals surface area (Å²) >= 11 is 0. The van der Waals surface area contributed by atoms with Crippen molar-refractivity contribution in [2.45, 2.75) is 95.3 Å². The monoisotopic (exact) mass is 1120 g/mol. The third kappa shape index (κ3) is 7.20. The molecular formula is C36H12F34O2. The maximum atomic E-state index is 15.8. The minimum absolute atomic E-state index is 0.156. The molecule has 0 saturated heterocycles. The van der Waals surface area contributed by atoms with Crippen LogP contribution in [-0.2, 0) is 11.8 Å². The first-order chi connectivity index (χ1) is 31.5. The first-order valence-electron chi connectivity index (χ1n) is 17.4. The summed E-state index contributed by atoms with van der Waals surface area (Å²) in [5.74, 6) is -130. The van der Waals surface area contributed by atoms with Gasteiger partial charge in [0, 0.05) is 11.1 Å². The molecule has 0 bridgehead atoms. The van der Waals surface area contributed by atoms with Crippen molar-refractivity contribution in [1.82, 2.24) is 0 Å². The molecule has 0 unspecified atom stereocenters. The minimum Gasteiger partial charge on any atom is -0.507 e. The lowest BCUT2D eigenvalue weighted by Crippen LogP contribution is -2.74. The Morgan fingerprint density at radius 1 is 0.250 bits per heavy atom. The van der Waals surface area contributed by atoms with Crippen LogP contribution in [0.1, 0.15) is 11.1 Å². The van der Waals surface area contributed by atoms with Crippen LogP contribution in [0.3, 0.4) is 0 Å². The van der Waals surface area contributed by atoms with Crippen LogP contribution in [0.4, 0.5) is 149 Å². The summed E-state index contributed by atoms with van der Waals surface area (Å²) in [6.45, 7) is 0. The van der Waals surface area contributed by atoms with Crippen molar-refractivity contribution in [2.75, 3.05) is 0 Å². The van der Waals surface area contributed by atoms with E-state index < -0.39 is 163 Å². The number of aromatic hydroxyl groups is 2. The highest BCUT2D eigenvalue weighted by Crippen LogP contribution is 2.69. The van der Waals surface area contributed by atoms with Crippen molar-refractivity contribution in [2.24, 2.45) is 0 Å². The van der Waals surface area contributed by atoms with E-state index in [1.807, 2.05) is 0 Å². The smallest absolute Gasteiger partial charge is 0.460 e. The SMILES string of the molecule is Oc1c(C(F)(F)C(F)(F)C(F)(F)C(F)(F)C(F)(F)C(F)(F)C(F)(F)C(F)(F)F)cc2ccccc2c1-c1c(O)c(C(F)(F)C(F)(F)C(F)(F)C(F)(F)C(F)(F)C(F)(F)C(F)(F)C(F)(F)F)cc2ccccc12. The van der Waals surface area contributed by atoms with Gasteiger partial charge < -0.3 is 10.2 Å². The van der Waals surface area contributed by atoms with Crippen LogP contribution in [-0.4, -0.2) is 93.6 Å². The molecule has 0 fully saturated rings. The topological polar surface area (TPSA) is 40.5 Å². The summed E-state index contributed by atoms with van der Waals surface area (Å²) in [5, 5.41) is 16.0. The molecule has 0 heterocycles. The van der Waals surface area contributed by atoms with E-state index in [-0.39, 0.29) is 24.3 Å². The lowest BCUT2D eigenvalue weighted by molar-refractivity contribution is -0.462. The summed E-state index contributed by atoms with van der Waals surface area (Å²) in [7, 11) is 0. The number of alkyl halides is 34. The van der Waals surface area contributed by atoms with Crippen LogP contribution in [0.15, 0.2) is 60.7 Å². The Labute approximate surface area is 371 Å². The van der Waals surface area contributed by atoms with E-state index in [1.165, 1.54) is 0 Å². The normalized spacial score (nSPS) is 15.8. The second-order valence-electron chi connectivity index (χ2n) is 14.8. The zero-order chi connectivity index (χ0) is 56.8. The molecule has 0 amide bonds. The molecular weight excluding hydrogens is 1110 g/mol. The van der Waals surface area contributed by atoms with Crippen LogP contribution < -0.4 is 0 Å². The molecule has 0 spiro atoms. The minimum atomic E-state index is -9.27. The molecule has 0 aliphatic heterocycles. The number of rotatable bonds is 15. The number of phenols is 2. The van der Waals surface area contributed by atoms with Gasteiger partial charge in [0.2, 0.25) is 0 Å². The molecule has 406 valence electrons. The predicted octanol–water partition coefficient (Wildman–Crippen LogP) is 16.0. The van der Waals surface area contributed by atoms with E-state index in [4.69, 9.17) is 0 Å². The molecule has 4 rings (SSSR count). The third-order valence-corrected chi connectivity index (χ3v) is 10.4. The Balaban J connectivity index is 2.12. The highest BCUT2D eigenvalue weighted by atomic mass is 19.4. The van der Waals surface area contributed by atoms with Crippen molar-refractivity contribution in [1.29, 1.82) is 0 Å². The Morgan fingerprint density at radius 3 is 0.667 bits per heavy atom. The van der Waals surface area contributed by atoms with E-state index in [1.54, 1.807) is 0 Å². The summed E-state index contributed by atoms with van der Waals surface area (Å²) in [5.41, 5.74) is -11.9. The summed E-state index contributed by atoms with van der Waals surface area (Å²) in [6.07, 6.45) is -16.3. The lowest BCUT2D eigenvalue weighted by atomic mass is 9.82. The average molecular weight is 1120 g/mol. The number of hydrogen-bond acceptors (Lipinski definition) is 2. The molecule has 36 heteroatoms. The summed E-state index contributed by atoms with van der Waals surface area (Å²) in [6, 6.07) is 0.996. The highest BCUT2D eigenvalue weighted by molar-refractivity contribution is 6.10. The summed E-state index contributed by atoms with van der Waals surface area (Å²) < 4.78 is 482.